The summed E-state index contributed by atoms with van der Waals surface area (Å²) < 4.78 is 7.65. The number of anilines is 1. The number of aliphatic imine (C=N–C) groups is 1. The Bertz CT molecular complexity index is 800. The molecule has 2 aromatic heterocycles. The lowest BCUT2D eigenvalue weighted by Gasteiger charge is -2.32. The maximum absolute atomic E-state index is 5.60. The van der Waals surface area contributed by atoms with Gasteiger partial charge in [-0.15, -0.1) is 0 Å². The standard InChI is InChI=1S/C21H33N7O/c1-16-12-17(2)28(26-16)9-5-8-23-21(22-4)25-14-19-6-7-20(24-13-19)27-10-11-29-18(3)15-27/h6-7,12-13,18H,5,8-11,14-15H2,1-4H3,(H2,22,23,25). The number of morpholine rings is 1. The molecular weight excluding hydrogens is 366 g/mol. The summed E-state index contributed by atoms with van der Waals surface area (Å²) in [4.78, 5) is 11.2. The summed E-state index contributed by atoms with van der Waals surface area (Å²) in [7, 11) is 1.79. The molecule has 2 N–H and O–H groups in total. The molecule has 158 valence electrons. The first-order chi connectivity index (χ1) is 14.0. The van der Waals surface area contributed by atoms with Gasteiger partial charge >= 0.3 is 0 Å². The van der Waals surface area contributed by atoms with E-state index in [9.17, 15) is 0 Å². The van der Waals surface area contributed by atoms with Gasteiger partial charge in [-0.3, -0.25) is 9.67 Å². The lowest BCUT2D eigenvalue weighted by atomic mass is 10.2. The second-order valence-electron chi connectivity index (χ2n) is 7.51. The number of rotatable bonds is 7. The number of hydrogen-bond donors (Lipinski definition) is 2. The van der Waals surface area contributed by atoms with E-state index in [1.165, 1.54) is 5.69 Å². The molecule has 3 heterocycles. The Morgan fingerprint density at radius 3 is 2.83 bits per heavy atom. The van der Waals surface area contributed by atoms with Gasteiger partial charge in [-0.1, -0.05) is 6.07 Å². The van der Waals surface area contributed by atoms with Gasteiger partial charge in [-0.05, 0) is 44.9 Å². The monoisotopic (exact) mass is 399 g/mol. The molecule has 1 aliphatic heterocycles. The Morgan fingerprint density at radius 1 is 1.31 bits per heavy atom. The molecule has 2 aromatic rings. The van der Waals surface area contributed by atoms with Crippen LogP contribution in [0.3, 0.4) is 0 Å². The number of guanidine groups is 1. The molecule has 0 amide bonds. The first-order valence-corrected chi connectivity index (χ1v) is 10.3. The van der Waals surface area contributed by atoms with E-state index in [0.29, 0.717) is 6.54 Å². The molecule has 0 aromatic carbocycles. The summed E-state index contributed by atoms with van der Waals surface area (Å²) in [6.45, 7) is 11.2. The van der Waals surface area contributed by atoms with Crippen molar-refractivity contribution in [1.82, 2.24) is 25.4 Å². The van der Waals surface area contributed by atoms with E-state index < -0.39 is 0 Å². The smallest absolute Gasteiger partial charge is 0.191 e. The highest BCUT2D eigenvalue weighted by Crippen LogP contribution is 2.15. The fourth-order valence-corrected chi connectivity index (χ4v) is 3.48. The second-order valence-corrected chi connectivity index (χ2v) is 7.51. The Hall–Kier alpha value is -2.61. The highest BCUT2D eigenvalue weighted by Gasteiger charge is 2.17. The van der Waals surface area contributed by atoms with E-state index in [-0.39, 0.29) is 6.10 Å². The van der Waals surface area contributed by atoms with Crippen LogP contribution in [0.15, 0.2) is 29.4 Å². The molecule has 0 radical (unpaired) electrons. The summed E-state index contributed by atoms with van der Waals surface area (Å²) in [5.41, 5.74) is 3.39. The third kappa shape index (κ3) is 6.19. The molecule has 8 nitrogen and oxygen atoms in total. The molecular formula is C21H33N7O. The molecule has 1 fully saturated rings. The highest BCUT2D eigenvalue weighted by molar-refractivity contribution is 5.79. The van der Waals surface area contributed by atoms with Crippen LogP contribution in [0.4, 0.5) is 5.82 Å². The molecule has 1 unspecified atom stereocenters. The molecule has 8 heteroatoms. The molecule has 0 aliphatic carbocycles. The van der Waals surface area contributed by atoms with E-state index in [4.69, 9.17) is 4.74 Å². The number of nitrogens with zero attached hydrogens (tertiary/aromatic N) is 5. The third-order valence-electron chi connectivity index (χ3n) is 5.00. The Morgan fingerprint density at radius 2 is 2.17 bits per heavy atom. The van der Waals surface area contributed by atoms with Gasteiger partial charge in [-0.2, -0.15) is 5.10 Å². The molecule has 0 spiro atoms. The van der Waals surface area contributed by atoms with Crippen molar-refractivity contribution in [2.24, 2.45) is 4.99 Å². The maximum atomic E-state index is 5.60. The van der Waals surface area contributed by atoms with Gasteiger partial charge in [-0.25, -0.2) is 4.98 Å². The third-order valence-corrected chi connectivity index (χ3v) is 5.00. The molecule has 1 saturated heterocycles. The van der Waals surface area contributed by atoms with Gasteiger partial charge < -0.3 is 20.3 Å². The number of nitrogens with one attached hydrogen (secondary N) is 2. The maximum Gasteiger partial charge on any atom is 0.191 e. The predicted octanol–water partition coefficient (Wildman–Crippen LogP) is 1.88. The SMILES string of the molecule is CN=C(NCCCn1nc(C)cc1C)NCc1ccc(N2CCOC(C)C2)nc1. The normalized spacial score (nSPS) is 17.4. The van der Waals surface area contributed by atoms with Crippen LogP contribution >= 0.6 is 0 Å². The second kappa shape index (κ2) is 10.2. The lowest BCUT2D eigenvalue weighted by Crippen LogP contribution is -2.41. The van der Waals surface area contributed by atoms with E-state index in [1.54, 1.807) is 7.05 Å². The number of pyridine rings is 1. The molecule has 1 aliphatic rings. The van der Waals surface area contributed by atoms with Gasteiger partial charge in [0.05, 0.1) is 18.4 Å². The van der Waals surface area contributed by atoms with E-state index in [1.807, 2.05) is 13.1 Å². The summed E-state index contributed by atoms with van der Waals surface area (Å²) in [5, 5.41) is 11.2. The summed E-state index contributed by atoms with van der Waals surface area (Å²) in [6, 6.07) is 6.30. The van der Waals surface area contributed by atoms with E-state index in [2.05, 4.69) is 67.3 Å². The average Bonchev–Trinajstić information content (AvgIpc) is 3.05. The van der Waals surface area contributed by atoms with Crippen LogP contribution in [0.5, 0.6) is 0 Å². The average molecular weight is 400 g/mol. The number of aromatic nitrogens is 3. The van der Waals surface area contributed by atoms with Crippen molar-refractivity contribution in [3.05, 3.63) is 41.3 Å². The molecule has 0 saturated carbocycles. The van der Waals surface area contributed by atoms with Gasteiger partial charge in [0.1, 0.15) is 5.82 Å². The van der Waals surface area contributed by atoms with Crippen LogP contribution in [0.25, 0.3) is 0 Å². The fraction of sp³-hybridized carbons (Fsp3) is 0.571. The van der Waals surface area contributed by atoms with Crippen molar-refractivity contribution in [3.8, 4) is 0 Å². The minimum absolute atomic E-state index is 0.252. The quantitative estimate of drug-likeness (QED) is 0.420. The zero-order valence-corrected chi connectivity index (χ0v) is 18.0. The van der Waals surface area contributed by atoms with E-state index in [0.717, 1.165) is 62.2 Å². The Labute approximate surface area is 173 Å². The van der Waals surface area contributed by atoms with Gasteiger partial charge in [0.15, 0.2) is 5.96 Å². The van der Waals surface area contributed by atoms with Crippen LogP contribution < -0.4 is 15.5 Å². The van der Waals surface area contributed by atoms with Gasteiger partial charge in [0, 0.05) is 51.7 Å². The minimum Gasteiger partial charge on any atom is -0.375 e. The van der Waals surface area contributed by atoms with Crippen LogP contribution in [0.2, 0.25) is 0 Å². The van der Waals surface area contributed by atoms with Gasteiger partial charge in [0.25, 0.3) is 0 Å². The van der Waals surface area contributed by atoms with E-state index >= 15 is 0 Å². The van der Waals surface area contributed by atoms with Crippen LogP contribution in [-0.4, -0.2) is 60.1 Å². The van der Waals surface area contributed by atoms with Crippen LogP contribution in [0.1, 0.15) is 30.3 Å². The van der Waals surface area contributed by atoms with Crippen molar-refractivity contribution in [2.75, 3.05) is 38.2 Å². The topological polar surface area (TPSA) is 79.6 Å². The zero-order valence-electron chi connectivity index (χ0n) is 18.0. The Kier molecular flexibility index (Phi) is 7.46. The highest BCUT2D eigenvalue weighted by atomic mass is 16.5. The van der Waals surface area contributed by atoms with Crippen molar-refractivity contribution in [1.29, 1.82) is 0 Å². The first-order valence-electron chi connectivity index (χ1n) is 10.3. The number of hydrogen-bond acceptors (Lipinski definition) is 5. The molecule has 1 atom stereocenters. The van der Waals surface area contributed by atoms with Crippen molar-refractivity contribution in [2.45, 2.75) is 46.4 Å². The largest absolute Gasteiger partial charge is 0.375 e. The summed E-state index contributed by atoms with van der Waals surface area (Å²) in [5.74, 6) is 1.81. The number of ether oxygens (including phenoxy) is 1. The van der Waals surface area contributed by atoms with Crippen molar-refractivity contribution < 1.29 is 4.74 Å². The molecule has 29 heavy (non-hydrogen) atoms. The van der Waals surface area contributed by atoms with Crippen molar-refractivity contribution >= 4 is 11.8 Å². The number of aryl methyl sites for hydroxylation is 3. The molecule has 0 bridgehead atoms. The molecule has 3 rings (SSSR count). The fourth-order valence-electron chi connectivity index (χ4n) is 3.48. The lowest BCUT2D eigenvalue weighted by molar-refractivity contribution is 0.0529. The predicted molar refractivity (Wildman–Crippen MR) is 116 cm³/mol. The van der Waals surface area contributed by atoms with Crippen LogP contribution in [-0.2, 0) is 17.8 Å². The van der Waals surface area contributed by atoms with Crippen LogP contribution in [0, 0.1) is 13.8 Å². The minimum atomic E-state index is 0.252. The van der Waals surface area contributed by atoms with Gasteiger partial charge in [0.2, 0.25) is 0 Å². The zero-order chi connectivity index (χ0) is 20.6. The Balaban J connectivity index is 1.40. The summed E-state index contributed by atoms with van der Waals surface area (Å²) in [6.07, 6.45) is 3.16. The summed E-state index contributed by atoms with van der Waals surface area (Å²) >= 11 is 0. The first kappa shape index (κ1) is 21.1. The van der Waals surface area contributed by atoms with Crippen molar-refractivity contribution in [3.63, 3.8) is 0 Å².